The van der Waals surface area contributed by atoms with Gasteiger partial charge < -0.3 is 15.4 Å². The molecule has 1 aliphatic carbocycles. The van der Waals surface area contributed by atoms with E-state index in [1.165, 1.54) is 0 Å². The zero-order chi connectivity index (χ0) is 18.5. The number of amides is 2. The number of hydrogen-bond acceptors (Lipinski definition) is 4. The van der Waals surface area contributed by atoms with Crippen LogP contribution in [-0.4, -0.2) is 30.4 Å². The van der Waals surface area contributed by atoms with E-state index in [0.29, 0.717) is 16.8 Å². The summed E-state index contributed by atoms with van der Waals surface area (Å²) in [6.07, 6.45) is 1.96. The number of rotatable bonds is 6. The molecule has 2 aromatic carbocycles. The summed E-state index contributed by atoms with van der Waals surface area (Å²) in [5.41, 5.74) is 1.12. The molecular formula is C19H17BrN2O4. The molecule has 6 nitrogen and oxygen atoms in total. The van der Waals surface area contributed by atoms with Gasteiger partial charge in [-0.3, -0.25) is 9.59 Å². The zero-order valence-corrected chi connectivity index (χ0v) is 15.4. The number of benzene rings is 2. The van der Waals surface area contributed by atoms with E-state index in [4.69, 9.17) is 4.74 Å². The topological polar surface area (TPSA) is 84.5 Å². The van der Waals surface area contributed by atoms with Crippen LogP contribution >= 0.6 is 15.9 Å². The summed E-state index contributed by atoms with van der Waals surface area (Å²) in [5, 5.41) is 5.50. The molecule has 0 heterocycles. The van der Waals surface area contributed by atoms with E-state index < -0.39 is 18.5 Å². The minimum Gasteiger partial charge on any atom is -0.452 e. The fourth-order valence-corrected chi connectivity index (χ4v) is 2.53. The Morgan fingerprint density at radius 1 is 1.04 bits per heavy atom. The molecule has 0 saturated heterocycles. The molecule has 2 aromatic rings. The highest BCUT2D eigenvalue weighted by atomic mass is 79.9. The summed E-state index contributed by atoms with van der Waals surface area (Å²) >= 11 is 3.28. The fourth-order valence-electron chi connectivity index (χ4n) is 2.27. The van der Waals surface area contributed by atoms with Gasteiger partial charge in [0, 0.05) is 10.5 Å². The molecular weight excluding hydrogens is 400 g/mol. The van der Waals surface area contributed by atoms with Crippen molar-refractivity contribution in [3.8, 4) is 0 Å². The van der Waals surface area contributed by atoms with E-state index >= 15 is 0 Å². The molecule has 1 fully saturated rings. The quantitative estimate of drug-likeness (QED) is 0.708. The first-order valence-electron chi connectivity index (χ1n) is 8.15. The maximum Gasteiger partial charge on any atom is 0.338 e. The van der Waals surface area contributed by atoms with Crippen LogP contribution in [0.25, 0.3) is 0 Å². The summed E-state index contributed by atoms with van der Waals surface area (Å²) < 4.78 is 5.85. The van der Waals surface area contributed by atoms with Gasteiger partial charge >= 0.3 is 5.97 Å². The smallest absolute Gasteiger partial charge is 0.338 e. The minimum atomic E-state index is -0.590. The summed E-state index contributed by atoms with van der Waals surface area (Å²) in [7, 11) is 0. The third-order valence-corrected chi connectivity index (χ3v) is 4.30. The Balaban J connectivity index is 1.57. The second kappa shape index (κ2) is 8.14. The Hall–Kier alpha value is -2.67. The Morgan fingerprint density at radius 3 is 2.42 bits per heavy atom. The highest BCUT2D eigenvalue weighted by Crippen LogP contribution is 2.21. The van der Waals surface area contributed by atoms with Crippen molar-refractivity contribution in [2.24, 2.45) is 0 Å². The maximum absolute atomic E-state index is 12.2. The van der Waals surface area contributed by atoms with Crippen molar-refractivity contribution in [2.75, 3.05) is 11.9 Å². The van der Waals surface area contributed by atoms with Gasteiger partial charge in [0.05, 0.1) is 16.8 Å². The van der Waals surface area contributed by atoms with Crippen molar-refractivity contribution >= 4 is 39.4 Å². The second-order valence-electron chi connectivity index (χ2n) is 5.92. The van der Waals surface area contributed by atoms with Crippen LogP contribution < -0.4 is 10.6 Å². The summed E-state index contributed by atoms with van der Waals surface area (Å²) in [6.45, 7) is -0.437. The largest absolute Gasteiger partial charge is 0.452 e. The first-order chi connectivity index (χ1) is 12.5. The predicted octanol–water partition coefficient (Wildman–Crippen LogP) is 3.14. The van der Waals surface area contributed by atoms with Gasteiger partial charge in [0.1, 0.15) is 0 Å². The molecule has 2 amide bonds. The van der Waals surface area contributed by atoms with Crippen molar-refractivity contribution in [3.05, 3.63) is 64.1 Å². The molecule has 26 heavy (non-hydrogen) atoms. The number of esters is 1. The lowest BCUT2D eigenvalue weighted by Crippen LogP contribution is -2.28. The molecule has 0 unspecified atom stereocenters. The monoisotopic (exact) mass is 416 g/mol. The lowest BCUT2D eigenvalue weighted by Gasteiger charge is -2.11. The summed E-state index contributed by atoms with van der Waals surface area (Å²) in [4.78, 5) is 36.2. The standard InChI is InChI=1S/C19H17BrN2O4/c20-13-7-5-12(6-8-13)19(25)26-11-17(23)22-16-4-2-1-3-15(16)18(24)21-14-9-10-14/h1-8,14H,9-11H2,(H,21,24)(H,22,23). The third kappa shape index (κ3) is 4.92. The molecule has 0 bridgehead atoms. The number of hydrogen-bond donors (Lipinski definition) is 2. The molecule has 1 aliphatic rings. The highest BCUT2D eigenvalue weighted by Gasteiger charge is 2.25. The predicted molar refractivity (Wildman–Crippen MR) is 100.0 cm³/mol. The van der Waals surface area contributed by atoms with Gasteiger partial charge in [-0.2, -0.15) is 0 Å². The van der Waals surface area contributed by atoms with E-state index in [1.54, 1.807) is 48.5 Å². The first-order valence-corrected chi connectivity index (χ1v) is 8.94. The Kier molecular flexibility index (Phi) is 5.68. The zero-order valence-electron chi connectivity index (χ0n) is 13.8. The second-order valence-corrected chi connectivity index (χ2v) is 6.84. The molecule has 0 radical (unpaired) electrons. The fraction of sp³-hybridized carbons (Fsp3) is 0.211. The van der Waals surface area contributed by atoms with Gasteiger partial charge in [-0.15, -0.1) is 0 Å². The molecule has 134 valence electrons. The molecule has 0 aromatic heterocycles. The molecule has 0 atom stereocenters. The molecule has 7 heteroatoms. The van der Waals surface area contributed by atoms with E-state index in [1.807, 2.05) is 0 Å². The van der Waals surface area contributed by atoms with E-state index in [9.17, 15) is 14.4 Å². The molecule has 3 rings (SSSR count). The average Bonchev–Trinajstić information content (AvgIpc) is 3.44. The van der Waals surface area contributed by atoms with Crippen LogP contribution in [0.15, 0.2) is 53.0 Å². The molecule has 1 saturated carbocycles. The number of halogens is 1. The summed E-state index contributed by atoms with van der Waals surface area (Å²) in [6, 6.07) is 13.6. The van der Waals surface area contributed by atoms with Gasteiger partial charge in [0.2, 0.25) is 0 Å². The Labute approximate surface area is 159 Å². The molecule has 0 aliphatic heterocycles. The normalized spacial score (nSPS) is 13.0. The van der Waals surface area contributed by atoms with Crippen molar-refractivity contribution in [2.45, 2.75) is 18.9 Å². The molecule has 2 N–H and O–H groups in total. The summed E-state index contributed by atoms with van der Waals surface area (Å²) in [5.74, 6) is -1.33. The lowest BCUT2D eigenvalue weighted by molar-refractivity contribution is -0.119. The van der Waals surface area contributed by atoms with Crippen LogP contribution in [0.1, 0.15) is 33.6 Å². The number of carbonyl (C=O) groups excluding carboxylic acids is 3. The van der Waals surface area contributed by atoms with Gasteiger partial charge in [0.25, 0.3) is 11.8 Å². The third-order valence-electron chi connectivity index (χ3n) is 3.77. The van der Waals surface area contributed by atoms with Crippen molar-refractivity contribution in [1.29, 1.82) is 0 Å². The van der Waals surface area contributed by atoms with Gasteiger partial charge in [-0.25, -0.2) is 4.79 Å². The number of carbonyl (C=O) groups is 3. The van der Waals surface area contributed by atoms with E-state index in [-0.39, 0.29) is 11.9 Å². The van der Waals surface area contributed by atoms with Crippen molar-refractivity contribution < 1.29 is 19.1 Å². The number of nitrogens with one attached hydrogen (secondary N) is 2. The average molecular weight is 417 g/mol. The number of ether oxygens (including phenoxy) is 1. The van der Waals surface area contributed by atoms with Gasteiger partial charge in [-0.05, 0) is 49.2 Å². The van der Waals surface area contributed by atoms with Crippen LogP contribution in [-0.2, 0) is 9.53 Å². The van der Waals surface area contributed by atoms with Crippen LogP contribution in [0, 0.1) is 0 Å². The van der Waals surface area contributed by atoms with E-state index in [0.717, 1.165) is 17.3 Å². The van der Waals surface area contributed by atoms with Crippen LogP contribution in [0.2, 0.25) is 0 Å². The SMILES string of the molecule is O=C(COC(=O)c1ccc(Br)cc1)Nc1ccccc1C(=O)NC1CC1. The van der Waals surface area contributed by atoms with Crippen LogP contribution in [0.4, 0.5) is 5.69 Å². The minimum absolute atomic E-state index is 0.220. The lowest BCUT2D eigenvalue weighted by atomic mass is 10.1. The van der Waals surface area contributed by atoms with Crippen molar-refractivity contribution in [3.63, 3.8) is 0 Å². The first kappa shape index (κ1) is 18.1. The van der Waals surface area contributed by atoms with Crippen LogP contribution in [0.3, 0.4) is 0 Å². The maximum atomic E-state index is 12.2. The molecule has 0 spiro atoms. The van der Waals surface area contributed by atoms with Gasteiger partial charge in [0.15, 0.2) is 6.61 Å². The van der Waals surface area contributed by atoms with Gasteiger partial charge in [-0.1, -0.05) is 28.1 Å². The number of para-hydroxylation sites is 1. The van der Waals surface area contributed by atoms with Crippen molar-refractivity contribution in [1.82, 2.24) is 5.32 Å². The van der Waals surface area contributed by atoms with E-state index in [2.05, 4.69) is 26.6 Å². The highest BCUT2D eigenvalue weighted by molar-refractivity contribution is 9.10. The van der Waals surface area contributed by atoms with Crippen LogP contribution in [0.5, 0.6) is 0 Å². The Morgan fingerprint density at radius 2 is 1.73 bits per heavy atom. The number of anilines is 1. The Bertz CT molecular complexity index is 832.